The maximum atomic E-state index is 10.6. The van der Waals surface area contributed by atoms with Crippen LogP contribution in [0.3, 0.4) is 0 Å². The van der Waals surface area contributed by atoms with Gasteiger partial charge >= 0.3 is 0 Å². The average Bonchev–Trinajstić information content (AvgIpc) is 2.65. The number of hydrogen-bond acceptors (Lipinski definition) is 5. The van der Waals surface area contributed by atoms with Gasteiger partial charge < -0.3 is 9.47 Å². The van der Waals surface area contributed by atoms with Crippen molar-refractivity contribution in [2.75, 3.05) is 27.8 Å². The topological polar surface area (TPSA) is 64.8 Å². The predicted molar refractivity (Wildman–Crippen MR) is 102 cm³/mol. The molecule has 0 unspecified atom stereocenters. The van der Waals surface area contributed by atoms with Gasteiger partial charge in [-0.1, -0.05) is 30.4 Å². The Kier molecular flexibility index (Phi) is 7.17. The van der Waals surface area contributed by atoms with Crippen LogP contribution >= 0.6 is 0 Å². The van der Waals surface area contributed by atoms with E-state index >= 15 is 0 Å². The summed E-state index contributed by atoms with van der Waals surface area (Å²) in [6.45, 7) is 1.60. The maximum Gasteiger partial charge on any atom is 0.269 e. The van der Waals surface area contributed by atoms with E-state index in [9.17, 15) is 10.1 Å². The third-order valence-corrected chi connectivity index (χ3v) is 3.98. The minimum Gasteiger partial charge on any atom is -0.493 e. The number of hydrogen-bond donors (Lipinski definition) is 0. The molecule has 2 aromatic rings. The van der Waals surface area contributed by atoms with Gasteiger partial charge in [0, 0.05) is 25.2 Å². The first-order chi connectivity index (χ1) is 12.5. The van der Waals surface area contributed by atoms with E-state index in [0.29, 0.717) is 0 Å². The van der Waals surface area contributed by atoms with Crippen LogP contribution in [0.2, 0.25) is 0 Å². The summed E-state index contributed by atoms with van der Waals surface area (Å²) in [5, 5.41) is 10.6. The lowest BCUT2D eigenvalue weighted by Crippen LogP contribution is -2.17. The first-order valence-corrected chi connectivity index (χ1v) is 8.31. The molecule has 0 aliphatic carbocycles. The Morgan fingerprint density at radius 2 is 1.65 bits per heavy atom. The number of nitro groups is 1. The van der Waals surface area contributed by atoms with E-state index < -0.39 is 0 Å². The standard InChI is InChI=1S/C20H24N2O4/c1-21(15-17-9-12-19(25-2)20(14-17)26-3)13-5-4-6-16-7-10-18(11-8-16)22(23)24/h4-5,7-12,14H,6,13,15H2,1-3H3/b5-4+. The van der Waals surface area contributed by atoms with Gasteiger partial charge in [0.2, 0.25) is 0 Å². The molecule has 0 bridgehead atoms. The van der Waals surface area contributed by atoms with Crippen molar-refractivity contribution in [3.05, 3.63) is 75.9 Å². The van der Waals surface area contributed by atoms with E-state index in [1.165, 1.54) is 12.1 Å². The van der Waals surface area contributed by atoms with Crippen molar-refractivity contribution in [2.45, 2.75) is 13.0 Å². The predicted octanol–water partition coefficient (Wildman–Crippen LogP) is 3.84. The van der Waals surface area contributed by atoms with Crippen LogP contribution in [0.4, 0.5) is 5.69 Å². The Morgan fingerprint density at radius 3 is 2.27 bits per heavy atom. The van der Waals surface area contributed by atoms with Gasteiger partial charge in [0.15, 0.2) is 11.5 Å². The van der Waals surface area contributed by atoms with Gasteiger partial charge in [-0.2, -0.15) is 0 Å². The van der Waals surface area contributed by atoms with Gasteiger partial charge in [0.05, 0.1) is 19.1 Å². The summed E-state index contributed by atoms with van der Waals surface area (Å²) in [6.07, 6.45) is 4.93. The van der Waals surface area contributed by atoms with Crippen LogP contribution in [-0.4, -0.2) is 37.6 Å². The molecule has 26 heavy (non-hydrogen) atoms. The second kappa shape index (κ2) is 9.58. The molecule has 2 aromatic carbocycles. The highest BCUT2D eigenvalue weighted by Crippen LogP contribution is 2.27. The summed E-state index contributed by atoms with van der Waals surface area (Å²) in [5.74, 6) is 1.45. The number of methoxy groups -OCH3 is 2. The Balaban J connectivity index is 1.83. The molecule has 0 fully saturated rings. The zero-order valence-electron chi connectivity index (χ0n) is 15.3. The molecule has 0 heterocycles. The number of nitrogens with zero attached hydrogens (tertiary/aromatic N) is 2. The molecule has 0 saturated heterocycles. The molecule has 0 amide bonds. The summed E-state index contributed by atoms with van der Waals surface area (Å²) >= 11 is 0. The van der Waals surface area contributed by atoms with Crippen molar-refractivity contribution in [2.24, 2.45) is 0 Å². The second-order valence-electron chi connectivity index (χ2n) is 5.99. The lowest BCUT2D eigenvalue weighted by atomic mass is 10.1. The van der Waals surface area contributed by atoms with Gasteiger partial charge in [0.25, 0.3) is 5.69 Å². The molecule has 138 valence electrons. The second-order valence-corrected chi connectivity index (χ2v) is 5.99. The molecule has 0 N–H and O–H groups in total. The van der Waals surface area contributed by atoms with E-state index in [2.05, 4.69) is 17.1 Å². The van der Waals surface area contributed by atoms with Gasteiger partial charge in [-0.05, 0) is 36.7 Å². The number of allylic oxidation sites excluding steroid dienone is 1. The fraction of sp³-hybridized carbons (Fsp3) is 0.300. The zero-order chi connectivity index (χ0) is 18.9. The van der Waals surface area contributed by atoms with Crippen molar-refractivity contribution in [3.63, 3.8) is 0 Å². The number of ether oxygens (including phenoxy) is 2. The average molecular weight is 356 g/mol. The molecule has 0 saturated carbocycles. The number of non-ortho nitro benzene ring substituents is 1. The highest BCUT2D eigenvalue weighted by Gasteiger charge is 2.06. The molecule has 0 aromatic heterocycles. The first kappa shape index (κ1) is 19.5. The monoisotopic (exact) mass is 356 g/mol. The molecule has 0 aliphatic rings. The Labute approximate surface area is 153 Å². The Morgan fingerprint density at radius 1 is 1.00 bits per heavy atom. The van der Waals surface area contributed by atoms with Gasteiger partial charge in [-0.15, -0.1) is 0 Å². The molecular weight excluding hydrogens is 332 g/mol. The molecule has 2 rings (SSSR count). The number of nitro benzene ring substituents is 1. The van der Waals surface area contributed by atoms with Gasteiger partial charge in [-0.3, -0.25) is 15.0 Å². The van der Waals surface area contributed by atoms with Crippen LogP contribution in [0.5, 0.6) is 11.5 Å². The van der Waals surface area contributed by atoms with E-state index in [-0.39, 0.29) is 10.6 Å². The first-order valence-electron chi connectivity index (χ1n) is 8.31. The molecule has 6 heteroatoms. The van der Waals surface area contributed by atoms with Crippen LogP contribution in [0, 0.1) is 10.1 Å². The van der Waals surface area contributed by atoms with E-state index in [1.807, 2.05) is 25.2 Å². The SMILES string of the molecule is COc1ccc(CN(C)C/C=C/Cc2ccc([N+](=O)[O-])cc2)cc1OC. The normalized spacial score (nSPS) is 11.1. The minimum absolute atomic E-state index is 0.118. The molecule has 0 spiro atoms. The third kappa shape index (κ3) is 5.60. The van der Waals surface area contributed by atoms with Crippen molar-refractivity contribution in [1.82, 2.24) is 4.90 Å². The van der Waals surface area contributed by atoms with Crippen LogP contribution in [0.15, 0.2) is 54.6 Å². The quantitative estimate of drug-likeness (QED) is 0.388. The van der Waals surface area contributed by atoms with E-state index in [1.54, 1.807) is 26.4 Å². The summed E-state index contributed by atoms with van der Waals surface area (Å²) in [6, 6.07) is 12.6. The van der Waals surface area contributed by atoms with Crippen LogP contribution in [0.1, 0.15) is 11.1 Å². The van der Waals surface area contributed by atoms with E-state index in [4.69, 9.17) is 9.47 Å². The van der Waals surface area contributed by atoms with Crippen LogP contribution < -0.4 is 9.47 Å². The molecule has 0 radical (unpaired) electrons. The number of likely N-dealkylation sites (N-methyl/N-ethyl adjacent to an activating group) is 1. The Bertz CT molecular complexity index is 757. The smallest absolute Gasteiger partial charge is 0.269 e. The summed E-state index contributed by atoms with van der Waals surface area (Å²) in [7, 11) is 5.30. The molecule has 0 atom stereocenters. The molecular formula is C20H24N2O4. The van der Waals surface area contributed by atoms with Crippen molar-refractivity contribution in [1.29, 1.82) is 0 Å². The third-order valence-electron chi connectivity index (χ3n) is 3.98. The number of rotatable bonds is 9. The lowest BCUT2D eigenvalue weighted by molar-refractivity contribution is -0.384. The zero-order valence-corrected chi connectivity index (χ0v) is 15.3. The molecule has 0 aliphatic heterocycles. The van der Waals surface area contributed by atoms with E-state index in [0.717, 1.165) is 42.1 Å². The van der Waals surface area contributed by atoms with Crippen molar-refractivity contribution < 1.29 is 14.4 Å². The van der Waals surface area contributed by atoms with Crippen LogP contribution in [0.25, 0.3) is 0 Å². The van der Waals surface area contributed by atoms with Gasteiger partial charge in [0.1, 0.15) is 0 Å². The van der Waals surface area contributed by atoms with Crippen molar-refractivity contribution in [3.8, 4) is 11.5 Å². The largest absolute Gasteiger partial charge is 0.493 e. The Hall–Kier alpha value is -2.86. The summed E-state index contributed by atoms with van der Waals surface area (Å²) in [4.78, 5) is 12.4. The fourth-order valence-corrected chi connectivity index (χ4v) is 2.58. The van der Waals surface area contributed by atoms with Crippen LogP contribution in [-0.2, 0) is 13.0 Å². The summed E-state index contributed by atoms with van der Waals surface area (Å²) < 4.78 is 10.6. The molecule has 6 nitrogen and oxygen atoms in total. The summed E-state index contributed by atoms with van der Waals surface area (Å²) in [5.41, 5.74) is 2.32. The minimum atomic E-state index is -0.386. The maximum absolute atomic E-state index is 10.6. The number of benzene rings is 2. The van der Waals surface area contributed by atoms with Gasteiger partial charge in [-0.25, -0.2) is 0 Å². The van der Waals surface area contributed by atoms with Crippen molar-refractivity contribution >= 4 is 5.69 Å². The fourth-order valence-electron chi connectivity index (χ4n) is 2.58. The highest BCUT2D eigenvalue weighted by molar-refractivity contribution is 5.42. The lowest BCUT2D eigenvalue weighted by Gasteiger charge is -2.16. The highest BCUT2D eigenvalue weighted by atomic mass is 16.6.